The van der Waals surface area contributed by atoms with Gasteiger partial charge < -0.3 is 10.1 Å². The van der Waals surface area contributed by atoms with Crippen LogP contribution < -0.4 is 5.32 Å². The number of nitriles is 1. The molecule has 0 aliphatic carbocycles. The first-order valence-corrected chi connectivity index (χ1v) is 5.91. The summed E-state index contributed by atoms with van der Waals surface area (Å²) in [6.07, 6.45) is 0.526. The molecule has 0 radical (unpaired) electrons. The molecule has 0 spiro atoms. The molecular formula is C13H15ClN2O2. The smallest absolute Gasteiger partial charge is 0.256 e. The molecule has 0 bridgehead atoms. The molecule has 0 fully saturated rings. The lowest BCUT2D eigenvalue weighted by molar-refractivity contribution is -0.136. The van der Waals surface area contributed by atoms with Crippen LogP contribution in [0.5, 0.6) is 0 Å². The number of nitrogens with zero attached hydrogens (tertiary/aromatic N) is 1. The summed E-state index contributed by atoms with van der Waals surface area (Å²) in [4.78, 5) is 12.1. The second-order valence-electron chi connectivity index (χ2n) is 4.04. The molecule has 96 valence electrons. The van der Waals surface area contributed by atoms with Gasteiger partial charge in [0, 0.05) is 12.1 Å². The first-order valence-electron chi connectivity index (χ1n) is 5.53. The standard InChI is InChI=1S/C13H15ClN2O2/c1-4-13(2,18-3)12(17)16-11-7-10(14)6-5-9(11)8-15/h5-7H,4H2,1-3H3,(H,16,17). The normalized spacial score (nSPS) is 13.5. The van der Waals surface area contributed by atoms with Crippen molar-refractivity contribution >= 4 is 23.2 Å². The molecule has 18 heavy (non-hydrogen) atoms. The monoisotopic (exact) mass is 266 g/mol. The largest absolute Gasteiger partial charge is 0.369 e. The number of amides is 1. The summed E-state index contributed by atoms with van der Waals surface area (Å²) < 4.78 is 5.20. The van der Waals surface area contributed by atoms with Crippen LogP contribution in [0.3, 0.4) is 0 Å². The molecule has 1 unspecified atom stereocenters. The number of methoxy groups -OCH3 is 1. The van der Waals surface area contributed by atoms with Crippen molar-refractivity contribution in [3.05, 3.63) is 28.8 Å². The lowest BCUT2D eigenvalue weighted by Gasteiger charge is -2.25. The van der Waals surface area contributed by atoms with Gasteiger partial charge in [0.2, 0.25) is 0 Å². The highest BCUT2D eigenvalue weighted by Crippen LogP contribution is 2.23. The van der Waals surface area contributed by atoms with Crippen LogP contribution in [0.4, 0.5) is 5.69 Å². The van der Waals surface area contributed by atoms with Crippen LogP contribution in [0, 0.1) is 11.3 Å². The molecule has 4 nitrogen and oxygen atoms in total. The Hall–Kier alpha value is -1.57. The summed E-state index contributed by atoms with van der Waals surface area (Å²) in [5.41, 5.74) is -0.163. The molecule has 0 heterocycles. The molecule has 1 rings (SSSR count). The molecule has 0 aliphatic heterocycles. The summed E-state index contributed by atoms with van der Waals surface area (Å²) in [6.45, 7) is 3.55. The Kier molecular flexibility index (Phi) is 4.71. The third-order valence-corrected chi connectivity index (χ3v) is 3.19. The fraction of sp³-hybridized carbons (Fsp3) is 0.385. The molecule has 1 atom stereocenters. The molecule has 0 saturated heterocycles. The summed E-state index contributed by atoms with van der Waals surface area (Å²) >= 11 is 5.85. The lowest BCUT2D eigenvalue weighted by Crippen LogP contribution is -2.41. The van der Waals surface area contributed by atoms with Crippen molar-refractivity contribution in [2.75, 3.05) is 12.4 Å². The van der Waals surface area contributed by atoms with Gasteiger partial charge in [-0.05, 0) is 31.5 Å². The van der Waals surface area contributed by atoms with Crippen molar-refractivity contribution in [3.8, 4) is 6.07 Å². The Morgan fingerprint density at radius 3 is 2.78 bits per heavy atom. The second kappa shape index (κ2) is 5.85. The van der Waals surface area contributed by atoms with Crippen LogP contribution in [-0.4, -0.2) is 18.6 Å². The van der Waals surface area contributed by atoms with Gasteiger partial charge >= 0.3 is 0 Å². The minimum Gasteiger partial charge on any atom is -0.369 e. The van der Waals surface area contributed by atoms with Crippen molar-refractivity contribution in [2.24, 2.45) is 0 Å². The fourth-order valence-electron chi connectivity index (χ4n) is 1.37. The number of rotatable bonds is 4. The number of benzene rings is 1. The van der Waals surface area contributed by atoms with Gasteiger partial charge in [-0.3, -0.25) is 4.79 Å². The van der Waals surface area contributed by atoms with Gasteiger partial charge in [0.05, 0.1) is 11.3 Å². The molecular weight excluding hydrogens is 252 g/mol. The van der Waals surface area contributed by atoms with E-state index in [0.717, 1.165) is 0 Å². The fourth-order valence-corrected chi connectivity index (χ4v) is 1.54. The number of halogens is 1. The SMILES string of the molecule is CCC(C)(OC)C(=O)Nc1cc(Cl)ccc1C#N. The molecule has 1 aromatic rings. The van der Waals surface area contributed by atoms with E-state index in [9.17, 15) is 4.79 Å². The lowest BCUT2D eigenvalue weighted by atomic mass is 10.0. The molecule has 1 aromatic carbocycles. The maximum absolute atomic E-state index is 12.1. The number of ether oxygens (including phenoxy) is 1. The van der Waals surface area contributed by atoms with Gasteiger partial charge in [0.1, 0.15) is 11.7 Å². The average Bonchev–Trinajstić information content (AvgIpc) is 2.38. The molecule has 1 N–H and O–H groups in total. The van der Waals surface area contributed by atoms with E-state index in [0.29, 0.717) is 22.7 Å². The second-order valence-corrected chi connectivity index (χ2v) is 4.48. The number of carbonyl (C=O) groups excluding carboxylic acids is 1. The van der Waals surface area contributed by atoms with Crippen LogP contribution in [0.1, 0.15) is 25.8 Å². The first-order chi connectivity index (χ1) is 8.46. The van der Waals surface area contributed by atoms with E-state index in [1.165, 1.54) is 7.11 Å². The quantitative estimate of drug-likeness (QED) is 0.911. The number of hydrogen-bond acceptors (Lipinski definition) is 3. The van der Waals surface area contributed by atoms with Crippen LogP contribution in [0.25, 0.3) is 0 Å². The van der Waals surface area contributed by atoms with Crippen molar-refractivity contribution in [1.82, 2.24) is 0 Å². The Labute approximate surface area is 112 Å². The highest BCUT2D eigenvalue weighted by Gasteiger charge is 2.31. The minimum absolute atomic E-state index is 0.300. The van der Waals surface area contributed by atoms with Crippen molar-refractivity contribution in [1.29, 1.82) is 5.26 Å². The van der Waals surface area contributed by atoms with Crippen molar-refractivity contribution in [3.63, 3.8) is 0 Å². The van der Waals surface area contributed by atoms with E-state index in [-0.39, 0.29) is 5.91 Å². The Morgan fingerprint density at radius 1 is 1.61 bits per heavy atom. The Morgan fingerprint density at radius 2 is 2.28 bits per heavy atom. The van der Waals surface area contributed by atoms with Gasteiger partial charge in [0.25, 0.3) is 5.91 Å². The first kappa shape index (κ1) is 14.5. The maximum atomic E-state index is 12.1. The van der Waals surface area contributed by atoms with Crippen molar-refractivity contribution < 1.29 is 9.53 Å². The number of carbonyl (C=O) groups is 1. The summed E-state index contributed by atoms with van der Waals surface area (Å²) in [7, 11) is 1.48. The minimum atomic E-state index is -0.922. The highest BCUT2D eigenvalue weighted by atomic mass is 35.5. The average molecular weight is 267 g/mol. The van der Waals surface area contributed by atoms with Crippen LogP contribution >= 0.6 is 11.6 Å². The molecule has 1 amide bonds. The topological polar surface area (TPSA) is 62.1 Å². The van der Waals surface area contributed by atoms with E-state index in [1.54, 1.807) is 25.1 Å². The third kappa shape index (κ3) is 3.00. The zero-order valence-corrected chi connectivity index (χ0v) is 11.3. The van der Waals surface area contributed by atoms with Gasteiger partial charge in [-0.25, -0.2) is 0 Å². The summed E-state index contributed by atoms with van der Waals surface area (Å²) in [5.74, 6) is -0.300. The summed E-state index contributed by atoms with van der Waals surface area (Å²) in [5, 5.41) is 12.1. The van der Waals surface area contributed by atoms with Gasteiger partial charge in [0.15, 0.2) is 0 Å². The van der Waals surface area contributed by atoms with Gasteiger partial charge in [-0.15, -0.1) is 0 Å². The third-order valence-electron chi connectivity index (χ3n) is 2.96. The highest BCUT2D eigenvalue weighted by molar-refractivity contribution is 6.31. The summed E-state index contributed by atoms with van der Waals surface area (Å²) in [6, 6.07) is 6.71. The van der Waals surface area contributed by atoms with Crippen LogP contribution in [-0.2, 0) is 9.53 Å². The Balaban J connectivity index is 3.02. The van der Waals surface area contributed by atoms with E-state index in [2.05, 4.69) is 5.32 Å². The van der Waals surface area contributed by atoms with E-state index in [4.69, 9.17) is 21.6 Å². The molecule has 0 saturated carbocycles. The molecule has 5 heteroatoms. The van der Waals surface area contributed by atoms with E-state index < -0.39 is 5.60 Å². The molecule has 0 aromatic heterocycles. The van der Waals surface area contributed by atoms with Gasteiger partial charge in [-0.2, -0.15) is 5.26 Å². The van der Waals surface area contributed by atoms with Crippen molar-refractivity contribution in [2.45, 2.75) is 25.9 Å². The predicted molar refractivity (Wildman–Crippen MR) is 70.5 cm³/mol. The van der Waals surface area contributed by atoms with E-state index in [1.807, 2.05) is 13.0 Å². The van der Waals surface area contributed by atoms with Crippen LogP contribution in [0.2, 0.25) is 5.02 Å². The van der Waals surface area contributed by atoms with Crippen LogP contribution in [0.15, 0.2) is 18.2 Å². The predicted octanol–water partition coefficient (Wildman–Crippen LogP) is 2.97. The Bertz CT molecular complexity index is 490. The number of anilines is 1. The number of nitrogens with one attached hydrogen (secondary N) is 1. The number of hydrogen-bond donors (Lipinski definition) is 1. The van der Waals surface area contributed by atoms with E-state index >= 15 is 0 Å². The maximum Gasteiger partial charge on any atom is 0.256 e. The zero-order valence-electron chi connectivity index (χ0n) is 10.6. The zero-order chi connectivity index (χ0) is 13.8. The van der Waals surface area contributed by atoms with Gasteiger partial charge in [-0.1, -0.05) is 18.5 Å². The molecule has 0 aliphatic rings.